The molecule has 1 atom stereocenters. The first-order chi connectivity index (χ1) is 13.5. The predicted octanol–water partition coefficient (Wildman–Crippen LogP) is 4.83. The molecule has 0 spiro atoms. The second-order valence-electron chi connectivity index (χ2n) is 7.09. The van der Waals surface area contributed by atoms with Gasteiger partial charge in [-0.2, -0.15) is 0 Å². The van der Waals surface area contributed by atoms with E-state index < -0.39 is 0 Å². The smallest absolute Gasteiger partial charge is 0.220 e. The first-order valence-electron chi connectivity index (χ1n) is 9.40. The Bertz CT molecular complexity index is 894. The molecule has 0 saturated heterocycles. The summed E-state index contributed by atoms with van der Waals surface area (Å²) in [5.74, 6) is 0.105. The van der Waals surface area contributed by atoms with Gasteiger partial charge in [-0.25, -0.2) is 9.37 Å². The third-order valence-corrected chi connectivity index (χ3v) is 5.63. The van der Waals surface area contributed by atoms with Gasteiger partial charge in [0.1, 0.15) is 10.8 Å². The predicted molar refractivity (Wildman–Crippen MR) is 111 cm³/mol. The molecule has 6 heteroatoms. The molecule has 0 aliphatic heterocycles. The number of hydrogen-bond acceptors (Lipinski definition) is 4. The zero-order valence-electron chi connectivity index (χ0n) is 16.1. The van der Waals surface area contributed by atoms with Crippen molar-refractivity contribution in [2.45, 2.75) is 32.6 Å². The van der Waals surface area contributed by atoms with E-state index in [9.17, 15) is 9.18 Å². The molecule has 1 unspecified atom stereocenters. The normalized spacial score (nSPS) is 12.1. The van der Waals surface area contributed by atoms with E-state index in [1.165, 1.54) is 12.1 Å². The van der Waals surface area contributed by atoms with Gasteiger partial charge >= 0.3 is 0 Å². The monoisotopic (exact) mass is 397 g/mol. The molecule has 1 amide bonds. The van der Waals surface area contributed by atoms with E-state index in [-0.39, 0.29) is 23.6 Å². The van der Waals surface area contributed by atoms with Crippen LogP contribution in [-0.4, -0.2) is 22.4 Å². The second-order valence-corrected chi connectivity index (χ2v) is 7.94. The maximum Gasteiger partial charge on any atom is 0.220 e. The van der Waals surface area contributed by atoms with Gasteiger partial charge in [-0.15, -0.1) is 11.3 Å². The molecular formula is C22H24FN3OS. The molecule has 0 aliphatic rings. The number of thiazole rings is 1. The van der Waals surface area contributed by atoms with Crippen molar-refractivity contribution in [2.75, 3.05) is 6.54 Å². The maximum atomic E-state index is 13.2. The summed E-state index contributed by atoms with van der Waals surface area (Å²) in [4.78, 5) is 21.1. The molecule has 28 heavy (non-hydrogen) atoms. The molecule has 0 fully saturated rings. The quantitative estimate of drug-likeness (QED) is 0.592. The van der Waals surface area contributed by atoms with Crippen molar-refractivity contribution in [3.63, 3.8) is 0 Å². The van der Waals surface area contributed by atoms with Gasteiger partial charge in [0.2, 0.25) is 5.91 Å². The van der Waals surface area contributed by atoms with Crippen LogP contribution in [-0.2, 0) is 11.2 Å². The fourth-order valence-corrected chi connectivity index (χ4v) is 3.96. The van der Waals surface area contributed by atoms with E-state index in [1.54, 1.807) is 35.9 Å². The molecule has 0 radical (unpaired) electrons. The standard InChI is InChI=1S/C22H24FN3OS/c1-15(2)20(16-3-5-18(23)6-4-16)13-21(27)25-12-9-19-14-28-22(26-19)17-7-10-24-11-8-17/h3-8,10-11,14-15,20H,9,12-13H2,1-2H3,(H,25,27). The number of hydrogen-bond donors (Lipinski definition) is 1. The Morgan fingerprint density at radius 1 is 1.14 bits per heavy atom. The molecule has 0 bridgehead atoms. The van der Waals surface area contributed by atoms with Crippen molar-refractivity contribution in [3.05, 3.63) is 71.2 Å². The Morgan fingerprint density at radius 2 is 1.86 bits per heavy atom. The molecule has 1 N–H and O–H groups in total. The summed E-state index contributed by atoms with van der Waals surface area (Å²) in [7, 11) is 0. The van der Waals surface area contributed by atoms with E-state index in [4.69, 9.17) is 0 Å². The maximum absolute atomic E-state index is 13.2. The summed E-state index contributed by atoms with van der Waals surface area (Å²) in [6.45, 7) is 4.71. The van der Waals surface area contributed by atoms with Crippen LogP contribution in [0, 0.1) is 11.7 Å². The van der Waals surface area contributed by atoms with Gasteiger partial charge in [0.25, 0.3) is 0 Å². The van der Waals surface area contributed by atoms with E-state index in [2.05, 4.69) is 29.1 Å². The van der Waals surface area contributed by atoms with Crippen LogP contribution in [0.5, 0.6) is 0 Å². The minimum Gasteiger partial charge on any atom is -0.356 e. The first kappa shape index (κ1) is 20.1. The number of rotatable bonds is 8. The molecule has 146 valence electrons. The highest BCUT2D eigenvalue weighted by atomic mass is 32.1. The van der Waals surface area contributed by atoms with Crippen LogP contribution in [0.2, 0.25) is 0 Å². The number of nitrogens with zero attached hydrogens (tertiary/aromatic N) is 2. The molecule has 0 aliphatic carbocycles. The zero-order chi connectivity index (χ0) is 19.9. The van der Waals surface area contributed by atoms with Gasteiger partial charge < -0.3 is 5.32 Å². The molecular weight excluding hydrogens is 373 g/mol. The molecule has 0 saturated carbocycles. The Labute approximate surface area is 168 Å². The van der Waals surface area contributed by atoms with Gasteiger partial charge in [-0.05, 0) is 41.7 Å². The van der Waals surface area contributed by atoms with Crippen LogP contribution in [0.1, 0.15) is 37.4 Å². The van der Waals surface area contributed by atoms with Gasteiger partial charge in [0.15, 0.2) is 0 Å². The molecule has 3 aromatic rings. The summed E-state index contributed by atoms with van der Waals surface area (Å²) in [5.41, 5.74) is 3.01. The summed E-state index contributed by atoms with van der Waals surface area (Å²) >= 11 is 1.59. The van der Waals surface area contributed by atoms with Gasteiger partial charge in [-0.1, -0.05) is 26.0 Å². The van der Waals surface area contributed by atoms with Crippen molar-refractivity contribution in [3.8, 4) is 10.6 Å². The Morgan fingerprint density at radius 3 is 2.54 bits per heavy atom. The Hall–Kier alpha value is -2.60. The lowest BCUT2D eigenvalue weighted by Gasteiger charge is -2.21. The fraction of sp³-hybridized carbons (Fsp3) is 0.318. The van der Waals surface area contributed by atoms with Crippen molar-refractivity contribution in [2.24, 2.45) is 5.92 Å². The van der Waals surface area contributed by atoms with Crippen LogP contribution >= 0.6 is 11.3 Å². The average Bonchev–Trinajstić information content (AvgIpc) is 3.16. The number of nitrogens with one attached hydrogen (secondary N) is 1. The van der Waals surface area contributed by atoms with Gasteiger partial charge in [0, 0.05) is 42.7 Å². The van der Waals surface area contributed by atoms with Crippen molar-refractivity contribution in [1.29, 1.82) is 0 Å². The Kier molecular flexibility index (Phi) is 6.87. The first-order valence-corrected chi connectivity index (χ1v) is 10.3. The number of carbonyl (C=O) groups excluding carboxylic acids is 1. The fourth-order valence-electron chi connectivity index (χ4n) is 3.10. The lowest BCUT2D eigenvalue weighted by atomic mass is 9.85. The van der Waals surface area contributed by atoms with Crippen molar-refractivity contribution >= 4 is 17.2 Å². The van der Waals surface area contributed by atoms with Gasteiger partial charge in [0.05, 0.1) is 5.69 Å². The van der Waals surface area contributed by atoms with Crippen LogP contribution in [0.15, 0.2) is 54.2 Å². The van der Waals surface area contributed by atoms with Crippen LogP contribution in [0.3, 0.4) is 0 Å². The highest BCUT2D eigenvalue weighted by Gasteiger charge is 2.19. The minimum atomic E-state index is -0.259. The van der Waals surface area contributed by atoms with Crippen LogP contribution < -0.4 is 5.32 Å². The summed E-state index contributed by atoms with van der Waals surface area (Å²) in [6, 6.07) is 10.3. The number of halogens is 1. The molecule has 1 aromatic carbocycles. The van der Waals surface area contributed by atoms with Gasteiger partial charge in [-0.3, -0.25) is 9.78 Å². The van der Waals surface area contributed by atoms with E-state index >= 15 is 0 Å². The summed E-state index contributed by atoms with van der Waals surface area (Å²) < 4.78 is 13.2. The molecule has 2 aromatic heterocycles. The van der Waals surface area contributed by atoms with Crippen molar-refractivity contribution < 1.29 is 9.18 Å². The van der Waals surface area contributed by atoms with Crippen molar-refractivity contribution in [1.82, 2.24) is 15.3 Å². The van der Waals surface area contributed by atoms with E-state index in [0.717, 1.165) is 21.8 Å². The molecule has 3 rings (SSSR count). The Balaban J connectivity index is 1.51. The highest BCUT2D eigenvalue weighted by Crippen LogP contribution is 2.28. The lowest BCUT2D eigenvalue weighted by Crippen LogP contribution is -2.28. The number of amides is 1. The second kappa shape index (κ2) is 9.55. The third kappa shape index (κ3) is 5.45. The van der Waals surface area contributed by atoms with E-state index in [0.29, 0.717) is 19.4 Å². The number of carbonyl (C=O) groups is 1. The minimum absolute atomic E-state index is 0.00705. The topological polar surface area (TPSA) is 54.9 Å². The molecule has 4 nitrogen and oxygen atoms in total. The largest absolute Gasteiger partial charge is 0.356 e. The summed E-state index contributed by atoms with van der Waals surface area (Å²) in [5, 5.41) is 5.97. The third-order valence-electron chi connectivity index (χ3n) is 4.69. The highest BCUT2D eigenvalue weighted by molar-refractivity contribution is 7.13. The average molecular weight is 398 g/mol. The number of benzene rings is 1. The van der Waals surface area contributed by atoms with E-state index in [1.807, 2.05) is 17.5 Å². The van der Waals surface area contributed by atoms with Crippen LogP contribution in [0.4, 0.5) is 4.39 Å². The molecule has 2 heterocycles. The number of aromatic nitrogens is 2. The lowest BCUT2D eigenvalue weighted by molar-refractivity contribution is -0.121. The number of pyridine rings is 1. The zero-order valence-corrected chi connectivity index (χ0v) is 16.9. The summed E-state index contributed by atoms with van der Waals surface area (Å²) in [6.07, 6.45) is 4.59. The van der Waals surface area contributed by atoms with Crippen LogP contribution in [0.25, 0.3) is 10.6 Å². The SMILES string of the molecule is CC(C)C(CC(=O)NCCc1csc(-c2ccncc2)n1)c1ccc(F)cc1.